The topological polar surface area (TPSA) is 86.8 Å². The Kier molecular flexibility index (Phi) is 6.88. The van der Waals surface area contributed by atoms with E-state index in [1.54, 1.807) is 16.7 Å². The van der Waals surface area contributed by atoms with Gasteiger partial charge in [-0.15, -0.1) is 0 Å². The summed E-state index contributed by atoms with van der Waals surface area (Å²) in [5.41, 5.74) is 8.25. The van der Waals surface area contributed by atoms with Crippen LogP contribution in [0.2, 0.25) is 0 Å². The number of aromatic nitrogens is 1. The van der Waals surface area contributed by atoms with E-state index in [4.69, 9.17) is 4.74 Å². The Morgan fingerprint density at radius 3 is 2.58 bits per heavy atom. The summed E-state index contributed by atoms with van der Waals surface area (Å²) >= 11 is 0. The lowest BCUT2D eigenvalue weighted by Crippen LogP contribution is -2.52. The quantitative estimate of drug-likeness (QED) is 0.668. The van der Waals surface area contributed by atoms with Crippen LogP contribution in [0.15, 0.2) is 48.8 Å². The Hall–Kier alpha value is -2.04. The molecule has 0 saturated carbocycles. The highest BCUT2D eigenvalue weighted by Gasteiger charge is 2.42. The number of hydrogen-bond acceptors (Lipinski definition) is 7. The number of rotatable bonds is 7. The molecule has 168 valence electrons. The van der Waals surface area contributed by atoms with Crippen molar-refractivity contribution in [1.29, 1.82) is 0 Å². The molecule has 0 amide bonds. The molecule has 2 fully saturated rings. The number of nitrogens with zero attached hydrogens (tertiary/aromatic N) is 3. The minimum Gasteiger partial charge on any atom is -0.491 e. The molecule has 0 spiro atoms. The molecule has 2 aromatic rings. The van der Waals surface area contributed by atoms with Crippen LogP contribution in [0.25, 0.3) is 0 Å². The molecule has 0 radical (unpaired) electrons. The summed E-state index contributed by atoms with van der Waals surface area (Å²) in [5, 5.41) is -0.536. The van der Waals surface area contributed by atoms with Crippen molar-refractivity contribution in [3.63, 3.8) is 0 Å². The Morgan fingerprint density at radius 1 is 1.13 bits per heavy atom. The van der Waals surface area contributed by atoms with Crippen LogP contribution in [0.4, 0.5) is 0 Å². The standard InChI is InChI=1S/C22H31N5O3S/c1-17(2)30-20-5-3-4-18(14-20)16-26-10-12-27(13-11-26)31(28,29)21-15-24-25-22(21)19-6-8-23-9-7-19/h3-9,14,17,21-22,24-25H,10-13,15-16H2,1-2H3. The first-order valence-electron chi connectivity index (χ1n) is 10.8. The second-order valence-corrected chi connectivity index (χ2v) is 10.5. The molecule has 2 atom stereocenters. The van der Waals surface area contributed by atoms with Gasteiger partial charge in [-0.1, -0.05) is 12.1 Å². The smallest absolute Gasteiger partial charge is 0.220 e. The summed E-state index contributed by atoms with van der Waals surface area (Å²) in [7, 11) is -3.43. The number of benzene rings is 1. The molecule has 0 aliphatic carbocycles. The fraction of sp³-hybridized carbons (Fsp3) is 0.500. The fourth-order valence-electron chi connectivity index (χ4n) is 4.21. The van der Waals surface area contributed by atoms with Crippen LogP contribution in [0, 0.1) is 0 Å². The van der Waals surface area contributed by atoms with Crippen molar-refractivity contribution in [2.45, 2.75) is 37.8 Å². The van der Waals surface area contributed by atoms with Crippen LogP contribution in [0.3, 0.4) is 0 Å². The predicted molar refractivity (Wildman–Crippen MR) is 120 cm³/mol. The van der Waals surface area contributed by atoms with Gasteiger partial charge in [0.1, 0.15) is 11.0 Å². The Morgan fingerprint density at radius 2 is 1.87 bits per heavy atom. The van der Waals surface area contributed by atoms with E-state index in [0.717, 1.165) is 17.9 Å². The molecule has 4 rings (SSSR count). The molecule has 8 nitrogen and oxygen atoms in total. The van der Waals surface area contributed by atoms with E-state index >= 15 is 0 Å². The van der Waals surface area contributed by atoms with Gasteiger partial charge in [-0.3, -0.25) is 15.3 Å². The number of hydrogen-bond donors (Lipinski definition) is 2. The summed E-state index contributed by atoms with van der Waals surface area (Å²) in [4.78, 5) is 6.33. The molecule has 9 heteroatoms. The van der Waals surface area contributed by atoms with E-state index in [9.17, 15) is 8.42 Å². The van der Waals surface area contributed by atoms with Crippen LogP contribution >= 0.6 is 0 Å². The first kappa shape index (κ1) is 22.2. The zero-order valence-electron chi connectivity index (χ0n) is 18.1. The average molecular weight is 446 g/mol. The number of ether oxygens (including phenoxy) is 1. The van der Waals surface area contributed by atoms with Gasteiger partial charge in [-0.25, -0.2) is 13.8 Å². The molecule has 31 heavy (non-hydrogen) atoms. The normalized spacial score (nSPS) is 23.3. The summed E-state index contributed by atoms with van der Waals surface area (Å²) < 4.78 is 34.2. The van der Waals surface area contributed by atoms with E-state index in [1.165, 1.54) is 5.56 Å². The Labute approximate surface area is 184 Å². The second-order valence-electron chi connectivity index (χ2n) is 8.36. The Bertz CT molecular complexity index is 962. The van der Waals surface area contributed by atoms with Crippen LogP contribution in [-0.4, -0.2) is 66.7 Å². The van der Waals surface area contributed by atoms with Gasteiger partial charge in [0, 0.05) is 51.7 Å². The maximum atomic E-state index is 13.4. The van der Waals surface area contributed by atoms with Crippen molar-refractivity contribution < 1.29 is 13.2 Å². The molecule has 2 N–H and O–H groups in total. The monoisotopic (exact) mass is 445 g/mol. The zero-order chi connectivity index (χ0) is 21.8. The first-order valence-corrected chi connectivity index (χ1v) is 12.3. The van der Waals surface area contributed by atoms with E-state index in [0.29, 0.717) is 32.7 Å². The highest BCUT2D eigenvalue weighted by Crippen LogP contribution is 2.27. The third-order valence-corrected chi connectivity index (χ3v) is 8.04. The maximum Gasteiger partial charge on any atom is 0.220 e. The van der Waals surface area contributed by atoms with Crippen molar-refractivity contribution in [3.05, 3.63) is 59.9 Å². The van der Waals surface area contributed by atoms with Crippen molar-refractivity contribution in [3.8, 4) is 5.75 Å². The molecule has 3 heterocycles. The molecule has 1 aromatic carbocycles. The van der Waals surface area contributed by atoms with Crippen molar-refractivity contribution in [2.75, 3.05) is 32.7 Å². The van der Waals surface area contributed by atoms with Crippen LogP contribution < -0.4 is 15.6 Å². The fourth-order valence-corrected chi connectivity index (χ4v) is 6.13. The van der Waals surface area contributed by atoms with Crippen LogP contribution in [0.1, 0.15) is 31.0 Å². The number of hydrazine groups is 1. The summed E-state index contributed by atoms with van der Waals surface area (Å²) in [5.74, 6) is 0.872. The summed E-state index contributed by atoms with van der Waals surface area (Å²) in [6, 6.07) is 11.6. The minimum atomic E-state index is -3.43. The van der Waals surface area contributed by atoms with Gasteiger partial charge < -0.3 is 4.74 Å². The van der Waals surface area contributed by atoms with Gasteiger partial charge in [-0.2, -0.15) is 4.31 Å². The number of pyridine rings is 1. The van der Waals surface area contributed by atoms with Crippen molar-refractivity contribution >= 4 is 10.0 Å². The van der Waals surface area contributed by atoms with Gasteiger partial charge in [-0.05, 0) is 49.2 Å². The maximum absolute atomic E-state index is 13.4. The number of nitrogens with one attached hydrogen (secondary N) is 2. The van der Waals surface area contributed by atoms with Gasteiger partial charge in [0.05, 0.1) is 12.1 Å². The van der Waals surface area contributed by atoms with Gasteiger partial charge in [0.2, 0.25) is 10.0 Å². The minimum absolute atomic E-state index is 0.138. The molecule has 2 aliphatic heterocycles. The van der Waals surface area contributed by atoms with Crippen molar-refractivity contribution in [2.24, 2.45) is 0 Å². The highest BCUT2D eigenvalue weighted by molar-refractivity contribution is 7.89. The average Bonchev–Trinajstić information content (AvgIpc) is 3.26. The first-order chi connectivity index (χ1) is 14.9. The van der Waals surface area contributed by atoms with E-state index in [-0.39, 0.29) is 12.1 Å². The van der Waals surface area contributed by atoms with Crippen LogP contribution in [-0.2, 0) is 16.6 Å². The molecule has 1 aromatic heterocycles. The molecule has 2 saturated heterocycles. The highest BCUT2D eigenvalue weighted by atomic mass is 32.2. The lowest BCUT2D eigenvalue weighted by Gasteiger charge is -2.36. The van der Waals surface area contributed by atoms with Gasteiger partial charge in [0.15, 0.2) is 0 Å². The van der Waals surface area contributed by atoms with E-state index in [1.807, 2.05) is 38.1 Å². The summed E-state index contributed by atoms with van der Waals surface area (Å²) in [6.07, 6.45) is 3.53. The number of sulfonamides is 1. The van der Waals surface area contributed by atoms with Gasteiger partial charge in [0.25, 0.3) is 0 Å². The van der Waals surface area contributed by atoms with E-state index in [2.05, 4.69) is 32.9 Å². The lowest BCUT2D eigenvalue weighted by molar-refractivity contribution is 0.180. The van der Waals surface area contributed by atoms with Crippen molar-refractivity contribution in [1.82, 2.24) is 25.0 Å². The second kappa shape index (κ2) is 9.62. The lowest BCUT2D eigenvalue weighted by atomic mass is 10.1. The number of piperazine rings is 1. The molecule has 2 aliphatic rings. The predicted octanol–water partition coefficient (Wildman–Crippen LogP) is 1.53. The van der Waals surface area contributed by atoms with Gasteiger partial charge >= 0.3 is 0 Å². The third-order valence-electron chi connectivity index (χ3n) is 5.75. The Balaban J connectivity index is 1.37. The molecular weight excluding hydrogens is 414 g/mol. The largest absolute Gasteiger partial charge is 0.491 e. The SMILES string of the molecule is CC(C)Oc1cccc(CN2CCN(S(=O)(=O)C3CNNC3c3ccncc3)CC2)c1. The molecule has 0 bridgehead atoms. The summed E-state index contributed by atoms with van der Waals surface area (Å²) in [6.45, 7) is 7.63. The molecule has 2 unspecified atom stereocenters. The zero-order valence-corrected chi connectivity index (χ0v) is 18.9. The molecular formula is C22H31N5O3S. The van der Waals surface area contributed by atoms with E-state index < -0.39 is 15.3 Å². The van der Waals surface area contributed by atoms with Crippen LogP contribution in [0.5, 0.6) is 5.75 Å². The third kappa shape index (κ3) is 5.24.